The van der Waals surface area contributed by atoms with E-state index in [4.69, 9.17) is 0 Å². The van der Waals surface area contributed by atoms with Crippen LogP contribution in [0.4, 0.5) is 0 Å². The largest absolute Gasteiger partial charge is 0.162 e. The number of hydrogen-bond acceptors (Lipinski definition) is 2. The van der Waals surface area contributed by atoms with Gasteiger partial charge >= 0.3 is 0 Å². The quantitative estimate of drug-likeness (QED) is 0.378. The van der Waals surface area contributed by atoms with Crippen LogP contribution in [0.3, 0.4) is 0 Å². The minimum absolute atomic E-state index is 0.162. The topological polar surface area (TPSA) is 0 Å². The van der Waals surface area contributed by atoms with Gasteiger partial charge in [-0.1, -0.05) is 13.3 Å². The highest BCUT2D eigenvalue weighted by atomic mass is 32.2. The lowest BCUT2D eigenvalue weighted by molar-refractivity contribution is 0.889. The summed E-state index contributed by atoms with van der Waals surface area (Å²) in [5.41, 5.74) is 0. The summed E-state index contributed by atoms with van der Waals surface area (Å²) in [6.07, 6.45) is 2.60. The monoisotopic (exact) mass is 164 g/mol. The van der Waals surface area contributed by atoms with Crippen molar-refractivity contribution in [2.45, 2.75) is 37.7 Å². The standard InChI is InChI=1S/C7H16S2/c1-4-5-6-9-7(2,3)8/h8H,4-6H2,1-3H3. The predicted octanol–water partition coefficient (Wildman–Crippen LogP) is 3.19. The maximum atomic E-state index is 4.39. The highest BCUT2D eigenvalue weighted by Crippen LogP contribution is 2.28. The number of thiol groups is 1. The van der Waals surface area contributed by atoms with Crippen LogP contribution in [-0.2, 0) is 0 Å². The van der Waals surface area contributed by atoms with E-state index in [0.717, 1.165) is 0 Å². The van der Waals surface area contributed by atoms with Crippen molar-refractivity contribution < 1.29 is 0 Å². The first-order valence-corrected chi connectivity index (χ1v) is 4.86. The molecule has 0 aromatic heterocycles. The molecule has 9 heavy (non-hydrogen) atoms. The van der Waals surface area contributed by atoms with Crippen LogP contribution in [0.2, 0.25) is 0 Å². The second-order valence-electron chi connectivity index (χ2n) is 2.65. The van der Waals surface area contributed by atoms with Crippen molar-refractivity contribution in [1.29, 1.82) is 0 Å². The zero-order chi connectivity index (χ0) is 7.33. The molecule has 0 aromatic carbocycles. The Balaban J connectivity index is 3.07. The van der Waals surface area contributed by atoms with E-state index in [1.807, 2.05) is 11.8 Å². The Morgan fingerprint density at radius 1 is 1.44 bits per heavy atom. The molecule has 0 nitrogen and oxygen atoms in total. The van der Waals surface area contributed by atoms with E-state index >= 15 is 0 Å². The van der Waals surface area contributed by atoms with E-state index < -0.39 is 0 Å². The van der Waals surface area contributed by atoms with Gasteiger partial charge in [-0.05, 0) is 26.0 Å². The van der Waals surface area contributed by atoms with Gasteiger partial charge in [-0.3, -0.25) is 0 Å². The van der Waals surface area contributed by atoms with E-state index in [9.17, 15) is 0 Å². The molecule has 0 amide bonds. The van der Waals surface area contributed by atoms with Gasteiger partial charge in [-0.2, -0.15) is 12.6 Å². The fourth-order valence-corrected chi connectivity index (χ4v) is 1.67. The van der Waals surface area contributed by atoms with Crippen molar-refractivity contribution in [2.75, 3.05) is 5.75 Å². The summed E-state index contributed by atoms with van der Waals surface area (Å²) in [6, 6.07) is 0. The van der Waals surface area contributed by atoms with Gasteiger partial charge in [0.15, 0.2) is 0 Å². The third-order valence-corrected chi connectivity index (χ3v) is 2.54. The molecule has 0 unspecified atom stereocenters. The van der Waals surface area contributed by atoms with Crippen LogP contribution >= 0.6 is 24.4 Å². The molecule has 0 aromatic rings. The number of hydrogen-bond donors (Lipinski definition) is 1. The SMILES string of the molecule is CCCCSC(C)(C)S. The first kappa shape index (κ1) is 9.70. The molecule has 56 valence electrons. The van der Waals surface area contributed by atoms with Crippen molar-refractivity contribution in [3.8, 4) is 0 Å². The Kier molecular flexibility index (Phi) is 4.86. The summed E-state index contributed by atoms with van der Waals surface area (Å²) < 4.78 is 0.162. The molecule has 0 heterocycles. The van der Waals surface area contributed by atoms with Gasteiger partial charge in [-0.15, -0.1) is 11.8 Å². The summed E-state index contributed by atoms with van der Waals surface area (Å²) in [7, 11) is 0. The molecule has 0 rings (SSSR count). The molecule has 0 fully saturated rings. The van der Waals surface area contributed by atoms with Crippen molar-refractivity contribution in [1.82, 2.24) is 0 Å². The molecule has 0 aliphatic carbocycles. The van der Waals surface area contributed by atoms with Gasteiger partial charge in [0.1, 0.15) is 0 Å². The Hall–Kier alpha value is 0.700. The van der Waals surface area contributed by atoms with E-state index in [1.54, 1.807) is 0 Å². The smallest absolute Gasteiger partial charge is 0.0525 e. The first-order valence-electron chi connectivity index (χ1n) is 3.42. The summed E-state index contributed by atoms with van der Waals surface area (Å²) >= 11 is 6.31. The molecule has 0 atom stereocenters. The number of thioether (sulfide) groups is 1. The summed E-state index contributed by atoms with van der Waals surface area (Å²) in [5, 5.41) is 0. The third-order valence-electron chi connectivity index (χ3n) is 0.953. The molecular weight excluding hydrogens is 148 g/mol. The van der Waals surface area contributed by atoms with E-state index in [-0.39, 0.29) is 4.08 Å². The van der Waals surface area contributed by atoms with Crippen LogP contribution in [0.5, 0.6) is 0 Å². The third kappa shape index (κ3) is 8.70. The Bertz CT molecular complexity index is 63.8. The number of rotatable bonds is 4. The van der Waals surface area contributed by atoms with Gasteiger partial charge in [-0.25, -0.2) is 0 Å². The molecule has 0 saturated heterocycles. The second-order valence-corrected chi connectivity index (χ2v) is 5.79. The lowest BCUT2D eigenvalue weighted by Gasteiger charge is -2.15. The molecule has 2 heteroatoms. The molecular formula is C7H16S2. The molecule has 0 radical (unpaired) electrons. The Morgan fingerprint density at radius 2 is 2.00 bits per heavy atom. The zero-order valence-electron chi connectivity index (χ0n) is 6.48. The van der Waals surface area contributed by atoms with Gasteiger partial charge < -0.3 is 0 Å². The van der Waals surface area contributed by atoms with Crippen LogP contribution in [0.15, 0.2) is 0 Å². The Morgan fingerprint density at radius 3 is 2.33 bits per heavy atom. The predicted molar refractivity (Wildman–Crippen MR) is 50.4 cm³/mol. The van der Waals surface area contributed by atoms with Crippen LogP contribution in [0.1, 0.15) is 33.6 Å². The van der Waals surface area contributed by atoms with Crippen molar-refractivity contribution >= 4 is 24.4 Å². The van der Waals surface area contributed by atoms with Crippen LogP contribution in [0, 0.1) is 0 Å². The number of unbranched alkanes of at least 4 members (excludes halogenated alkanes) is 1. The van der Waals surface area contributed by atoms with Gasteiger partial charge in [0.25, 0.3) is 0 Å². The highest BCUT2D eigenvalue weighted by Gasteiger charge is 2.09. The Labute approximate surface area is 68.2 Å². The van der Waals surface area contributed by atoms with Crippen LogP contribution in [0.25, 0.3) is 0 Å². The van der Waals surface area contributed by atoms with Gasteiger partial charge in [0.05, 0.1) is 4.08 Å². The highest BCUT2D eigenvalue weighted by molar-refractivity contribution is 8.11. The van der Waals surface area contributed by atoms with Crippen LogP contribution in [-0.4, -0.2) is 9.83 Å². The van der Waals surface area contributed by atoms with Gasteiger partial charge in [0, 0.05) is 0 Å². The lowest BCUT2D eigenvalue weighted by Crippen LogP contribution is -2.03. The van der Waals surface area contributed by atoms with E-state index in [0.29, 0.717) is 0 Å². The molecule has 0 aliphatic rings. The lowest BCUT2D eigenvalue weighted by atomic mass is 10.4. The maximum absolute atomic E-state index is 4.39. The normalized spacial score (nSPS) is 12.0. The second kappa shape index (κ2) is 4.51. The summed E-state index contributed by atoms with van der Waals surface area (Å²) in [5.74, 6) is 1.24. The van der Waals surface area contributed by atoms with Crippen molar-refractivity contribution in [3.63, 3.8) is 0 Å². The fraction of sp³-hybridized carbons (Fsp3) is 1.00. The average Bonchev–Trinajstić information content (AvgIpc) is 1.63. The minimum Gasteiger partial charge on any atom is -0.162 e. The van der Waals surface area contributed by atoms with Crippen LogP contribution < -0.4 is 0 Å². The molecule has 0 saturated carbocycles. The van der Waals surface area contributed by atoms with E-state index in [2.05, 4.69) is 33.4 Å². The van der Waals surface area contributed by atoms with Crippen molar-refractivity contribution in [2.24, 2.45) is 0 Å². The molecule has 0 bridgehead atoms. The average molecular weight is 164 g/mol. The fourth-order valence-electron chi connectivity index (χ4n) is 0.466. The maximum Gasteiger partial charge on any atom is 0.0525 e. The minimum atomic E-state index is 0.162. The summed E-state index contributed by atoms with van der Waals surface area (Å²) in [6.45, 7) is 6.49. The molecule has 0 N–H and O–H groups in total. The van der Waals surface area contributed by atoms with Gasteiger partial charge in [0.2, 0.25) is 0 Å². The zero-order valence-corrected chi connectivity index (χ0v) is 8.19. The first-order chi connectivity index (χ1) is 4.06. The molecule has 0 spiro atoms. The molecule has 0 aliphatic heterocycles. The van der Waals surface area contributed by atoms with E-state index in [1.165, 1.54) is 18.6 Å². The summed E-state index contributed by atoms with van der Waals surface area (Å²) in [4.78, 5) is 0. The van der Waals surface area contributed by atoms with Crippen molar-refractivity contribution in [3.05, 3.63) is 0 Å².